The molecule has 0 amide bonds. The molecule has 1 fully saturated rings. The predicted octanol–water partition coefficient (Wildman–Crippen LogP) is 2.77. The molecule has 0 unspecified atom stereocenters. The molecule has 0 saturated carbocycles. The molecule has 1 aliphatic heterocycles. The summed E-state index contributed by atoms with van der Waals surface area (Å²) in [4.78, 5) is 13.1. The van der Waals surface area contributed by atoms with E-state index >= 15 is 0 Å². The SMILES string of the molecule is C=CC[C@H](c1cc(Cl)ccc1[N+](=O)[O-])N1CCNCC1. The molecule has 2 rings (SSSR count). The van der Waals surface area contributed by atoms with Gasteiger partial charge in [0.1, 0.15) is 0 Å². The van der Waals surface area contributed by atoms with Crippen molar-refractivity contribution in [3.8, 4) is 0 Å². The molecule has 0 spiro atoms. The van der Waals surface area contributed by atoms with Crippen molar-refractivity contribution in [1.82, 2.24) is 10.2 Å². The van der Waals surface area contributed by atoms with Gasteiger partial charge in [-0.25, -0.2) is 0 Å². The number of nitro benzene ring substituents is 1. The second kappa shape index (κ2) is 6.83. The summed E-state index contributed by atoms with van der Waals surface area (Å²) in [6.07, 6.45) is 2.47. The molecule has 20 heavy (non-hydrogen) atoms. The van der Waals surface area contributed by atoms with Crippen LogP contribution in [0.25, 0.3) is 0 Å². The van der Waals surface area contributed by atoms with Gasteiger partial charge in [0.2, 0.25) is 0 Å². The van der Waals surface area contributed by atoms with Gasteiger partial charge in [0.25, 0.3) is 5.69 Å². The van der Waals surface area contributed by atoms with Gasteiger partial charge in [-0.2, -0.15) is 0 Å². The van der Waals surface area contributed by atoms with Crippen LogP contribution in [0.4, 0.5) is 5.69 Å². The molecular weight excluding hydrogens is 278 g/mol. The van der Waals surface area contributed by atoms with Gasteiger partial charge in [0.15, 0.2) is 0 Å². The van der Waals surface area contributed by atoms with Crippen molar-refractivity contribution in [2.45, 2.75) is 12.5 Å². The third-order valence-electron chi connectivity index (χ3n) is 3.53. The van der Waals surface area contributed by atoms with Gasteiger partial charge in [0, 0.05) is 48.9 Å². The Balaban J connectivity index is 2.39. The van der Waals surface area contributed by atoms with Crippen LogP contribution in [0, 0.1) is 10.1 Å². The number of nitrogens with zero attached hydrogens (tertiary/aromatic N) is 2. The van der Waals surface area contributed by atoms with Crippen LogP contribution in [-0.2, 0) is 0 Å². The van der Waals surface area contributed by atoms with E-state index in [9.17, 15) is 10.1 Å². The Morgan fingerprint density at radius 3 is 2.80 bits per heavy atom. The number of halogens is 1. The highest BCUT2D eigenvalue weighted by atomic mass is 35.5. The fourth-order valence-electron chi connectivity index (χ4n) is 2.58. The van der Waals surface area contributed by atoms with Gasteiger partial charge in [-0.3, -0.25) is 15.0 Å². The first-order valence-corrected chi connectivity index (χ1v) is 7.00. The van der Waals surface area contributed by atoms with E-state index in [1.165, 1.54) is 6.07 Å². The maximum absolute atomic E-state index is 11.2. The Hall–Kier alpha value is -1.43. The zero-order valence-corrected chi connectivity index (χ0v) is 12.0. The number of benzene rings is 1. The van der Waals surface area contributed by atoms with Gasteiger partial charge >= 0.3 is 0 Å². The van der Waals surface area contributed by atoms with Crippen molar-refractivity contribution < 1.29 is 4.92 Å². The lowest BCUT2D eigenvalue weighted by Crippen LogP contribution is -2.45. The molecule has 0 radical (unpaired) electrons. The Kier molecular flexibility index (Phi) is 5.11. The molecule has 108 valence electrons. The van der Waals surface area contributed by atoms with Crippen LogP contribution >= 0.6 is 11.6 Å². The van der Waals surface area contributed by atoms with E-state index in [0.717, 1.165) is 26.2 Å². The molecule has 1 atom stereocenters. The van der Waals surface area contributed by atoms with E-state index in [0.29, 0.717) is 17.0 Å². The summed E-state index contributed by atoms with van der Waals surface area (Å²) in [6, 6.07) is 4.70. The van der Waals surface area contributed by atoms with E-state index in [1.54, 1.807) is 18.2 Å². The monoisotopic (exact) mass is 295 g/mol. The molecule has 1 aromatic carbocycles. The summed E-state index contributed by atoms with van der Waals surface area (Å²) in [7, 11) is 0. The van der Waals surface area contributed by atoms with E-state index in [-0.39, 0.29) is 16.7 Å². The summed E-state index contributed by atoms with van der Waals surface area (Å²) in [5, 5.41) is 15.0. The minimum absolute atomic E-state index is 0.0475. The molecule has 1 N–H and O–H groups in total. The highest BCUT2D eigenvalue weighted by Crippen LogP contribution is 2.34. The first-order valence-electron chi connectivity index (χ1n) is 6.63. The lowest BCUT2D eigenvalue weighted by atomic mass is 9.99. The van der Waals surface area contributed by atoms with Gasteiger partial charge in [-0.05, 0) is 18.6 Å². The quantitative estimate of drug-likeness (QED) is 0.515. The van der Waals surface area contributed by atoms with Crippen LogP contribution in [0.5, 0.6) is 0 Å². The van der Waals surface area contributed by atoms with Crippen molar-refractivity contribution in [3.05, 3.63) is 51.6 Å². The molecule has 0 aromatic heterocycles. The smallest absolute Gasteiger partial charge is 0.274 e. The van der Waals surface area contributed by atoms with Crippen LogP contribution in [0.1, 0.15) is 18.0 Å². The van der Waals surface area contributed by atoms with Crippen molar-refractivity contribution >= 4 is 17.3 Å². The topological polar surface area (TPSA) is 58.4 Å². The zero-order chi connectivity index (χ0) is 14.5. The first kappa shape index (κ1) is 15.0. The number of nitrogens with one attached hydrogen (secondary N) is 1. The predicted molar refractivity (Wildman–Crippen MR) is 80.1 cm³/mol. The largest absolute Gasteiger partial charge is 0.314 e. The minimum Gasteiger partial charge on any atom is -0.314 e. The number of piperazine rings is 1. The Labute approximate surface area is 123 Å². The van der Waals surface area contributed by atoms with Crippen LogP contribution < -0.4 is 5.32 Å². The molecule has 1 heterocycles. The standard InChI is InChI=1S/C14H18ClN3O2/c1-2-3-13(17-8-6-16-7-9-17)12-10-11(15)4-5-14(12)18(19)20/h2,4-5,10,13,16H,1,3,6-9H2/t13-/m1/s1. The second-order valence-corrected chi connectivity index (χ2v) is 5.22. The highest BCUT2D eigenvalue weighted by Gasteiger charge is 2.27. The fourth-order valence-corrected chi connectivity index (χ4v) is 2.76. The number of hydrogen-bond donors (Lipinski definition) is 1. The number of rotatable bonds is 5. The summed E-state index contributed by atoms with van der Waals surface area (Å²) in [5.74, 6) is 0. The average Bonchev–Trinajstić information content (AvgIpc) is 2.45. The summed E-state index contributed by atoms with van der Waals surface area (Å²) < 4.78 is 0. The summed E-state index contributed by atoms with van der Waals surface area (Å²) in [6.45, 7) is 7.28. The van der Waals surface area contributed by atoms with Crippen LogP contribution in [0.3, 0.4) is 0 Å². The van der Waals surface area contributed by atoms with Gasteiger partial charge in [-0.15, -0.1) is 6.58 Å². The van der Waals surface area contributed by atoms with E-state index in [1.807, 2.05) is 0 Å². The molecular formula is C14H18ClN3O2. The van der Waals surface area contributed by atoms with Crippen LogP contribution in [-0.4, -0.2) is 36.0 Å². The van der Waals surface area contributed by atoms with Crippen LogP contribution in [0.15, 0.2) is 30.9 Å². The minimum atomic E-state index is -0.343. The van der Waals surface area contributed by atoms with E-state index < -0.39 is 0 Å². The Bertz CT molecular complexity index is 501. The van der Waals surface area contributed by atoms with Crippen molar-refractivity contribution in [1.29, 1.82) is 0 Å². The molecule has 6 heteroatoms. The van der Waals surface area contributed by atoms with E-state index in [4.69, 9.17) is 11.6 Å². The zero-order valence-electron chi connectivity index (χ0n) is 11.2. The van der Waals surface area contributed by atoms with Gasteiger partial charge in [0.05, 0.1) is 4.92 Å². The maximum atomic E-state index is 11.2. The highest BCUT2D eigenvalue weighted by molar-refractivity contribution is 6.30. The molecule has 0 bridgehead atoms. The number of hydrogen-bond acceptors (Lipinski definition) is 4. The molecule has 0 aliphatic carbocycles. The Morgan fingerprint density at radius 2 is 2.20 bits per heavy atom. The normalized spacial score (nSPS) is 17.6. The van der Waals surface area contributed by atoms with Crippen molar-refractivity contribution in [2.24, 2.45) is 0 Å². The summed E-state index contributed by atoms with van der Waals surface area (Å²) in [5.41, 5.74) is 0.795. The van der Waals surface area contributed by atoms with Gasteiger partial charge < -0.3 is 5.32 Å². The number of nitro groups is 1. The van der Waals surface area contributed by atoms with Crippen LogP contribution in [0.2, 0.25) is 5.02 Å². The summed E-state index contributed by atoms with van der Waals surface area (Å²) >= 11 is 6.03. The molecule has 1 aliphatic rings. The van der Waals surface area contributed by atoms with Gasteiger partial charge in [-0.1, -0.05) is 17.7 Å². The molecule has 5 nitrogen and oxygen atoms in total. The second-order valence-electron chi connectivity index (χ2n) is 4.79. The molecule has 1 aromatic rings. The lowest BCUT2D eigenvalue weighted by Gasteiger charge is -2.34. The third-order valence-corrected chi connectivity index (χ3v) is 3.76. The fraction of sp³-hybridized carbons (Fsp3) is 0.429. The van der Waals surface area contributed by atoms with Crippen molar-refractivity contribution in [2.75, 3.05) is 26.2 Å². The lowest BCUT2D eigenvalue weighted by molar-refractivity contribution is -0.386. The first-order chi connectivity index (χ1) is 9.63. The van der Waals surface area contributed by atoms with Crippen molar-refractivity contribution in [3.63, 3.8) is 0 Å². The Morgan fingerprint density at radius 1 is 1.50 bits per heavy atom. The van der Waals surface area contributed by atoms with E-state index in [2.05, 4.69) is 16.8 Å². The molecule has 1 saturated heterocycles. The average molecular weight is 296 g/mol. The third kappa shape index (κ3) is 3.36. The maximum Gasteiger partial charge on any atom is 0.274 e.